The summed E-state index contributed by atoms with van der Waals surface area (Å²) in [5.41, 5.74) is 0. The van der Waals surface area contributed by atoms with E-state index in [4.69, 9.17) is 9.05 Å². The lowest BCUT2D eigenvalue weighted by Gasteiger charge is -2.29. The molecule has 0 bridgehead atoms. The normalized spacial score (nSPS) is 14.0. The van der Waals surface area contributed by atoms with E-state index in [1.807, 2.05) is 27.2 Å². The average molecular weight is 996 g/mol. The van der Waals surface area contributed by atoms with Gasteiger partial charge in [0.2, 0.25) is 5.91 Å². The van der Waals surface area contributed by atoms with Gasteiger partial charge < -0.3 is 28.8 Å². The highest BCUT2D eigenvalue weighted by molar-refractivity contribution is 7.45. The minimum Gasteiger partial charge on any atom is -0.756 e. The van der Waals surface area contributed by atoms with Crippen LogP contribution in [0.25, 0.3) is 0 Å². The molecule has 0 saturated carbocycles. The summed E-state index contributed by atoms with van der Waals surface area (Å²) in [4.78, 5) is 25.4. The summed E-state index contributed by atoms with van der Waals surface area (Å²) in [5.74, 6) is -0.195. The number of phosphoric ester groups is 1. The molecule has 0 heterocycles. The Bertz CT molecular complexity index is 1170. The largest absolute Gasteiger partial charge is 0.756 e. The molecule has 2 N–H and O–H groups in total. The fourth-order valence-corrected chi connectivity index (χ4v) is 9.87. The SMILES string of the molecule is CCCCCCCCCC/C=C/C(O)C(COP(=O)([O-])OCC[N+](C)(C)C)NC(=O)CCCCCCCCCCCCCCCCCCC/C=C\CCCCCCCCCCCCCCCCCC. The summed E-state index contributed by atoms with van der Waals surface area (Å²) in [6.45, 7) is 4.66. The number of hydrogen-bond donors (Lipinski definition) is 2. The van der Waals surface area contributed by atoms with Crippen molar-refractivity contribution in [3.63, 3.8) is 0 Å². The van der Waals surface area contributed by atoms with Crippen molar-refractivity contribution in [3.8, 4) is 0 Å². The molecule has 0 aliphatic rings. The monoisotopic (exact) mass is 995 g/mol. The molecule has 8 nitrogen and oxygen atoms in total. The topological polar surface area (TPSA) is 108 Å². The summed E-state index contributed by atoms with van der Waals surface area (Å²) in [6, 6.07) is -0.882. The molecular formula is C60H119N2O6P. The number of aliphatic hydroxyl groups excluding tert-OH is 1. The molecule has 3 atom stereocenters. The van der Waals surface area contributed by atoms with Crippen LogP contribution in [-0.4, -0.2) is 68.5 Å². The van der Waals surface area contributed by atoms with Gasteiger partial charge in [-0.25, -0.2) is 0 Å². The molecule has 0 aromatic rings. The van der Waals surface area contributed by atoms with Crippen LogP contribution in [0.3, 0.4) is 0 Å². The molecule has 0 rings (SSSR count). The zero-order valence-corrected chi connectivity index (χ0v) is 47.7. The maximum atomic E-state index is 12.9. The van der Waals surface area contributed by atoms with Gasteiger partial charge in [-0.15, -0.1) is 0 Å². The van der Waals surface area contributed by atoms with Crippen molar-refractivity contribution < 1.29 is 32.9 Å². The molecule has 410 valence electrons. The highest BCUT2D eigenvalue weighted by Crippen LogP contribution is 2.38. The highest BCUT2D eigenvalue weighted by atomic mass is 31.2. The van der Waals surface area contributed by atoms with Crippen molar-refractivity contribution in [2.24, 2.45) is 0 Å². The average Bonchev–Trinajstić information content (AvgIpc) is 3.31. The lowest BCUT2D eigenvalue weighted by atomic mass is 10.0. The lowest BCUT2D eigenvalue weighted by molar-refractivity contribution is -0.870. The van der Waals surface area contributed by atoms with Gasteiger partial charge in [0.1, 0.15) is 13.2 Å². The Morgan fingerprint density at radius 2 is 0.797 bits per heavy atom. The molecule has 0 saturated heterocycles. The first kappa shape index (κ1) is 68.0. The number of carbonyl (C=O) groups excluding carboxylic acids is 1. The van der Waals surface area contributed by atoms with Crippen LogP contribution < -0.4 is 10.2 Å². The van der Waals surface area contributed by atoms with Crippen LogP contribution in [0.15, 0.2) is 24.3 Å². The van der Waals surface area contributed by atoms with E-state index in [0.717, 1.165) is 38.5 Å². The Labute approximate surface area is 430 Å². The van der Waals surface area contributed by atoms with E-state index in [-0.39, 0.29) is 19.1 Å². The zero-order valence-electron chi connectivity index (χ0n) is 46.8. The maximum Gasteiger partial charge on any atom is 0.268 e. The Morgan fingerprint density at radius 3 is 1.13 bits per heavy atom. The van der Waals surface area contributed by atoms with Gasteiger partial charge in [-0.05, 0) is 44.9 Å². The van der Waals surface area contributed by atoms with E-state index in [2.05, 4.69) is 31.3 Å². The van der Waals surface area contributed by atoms with Gasteiger partial charge in [-0.1, -0.05) is 276 Å². The molecule has 69 heavy (non-hydrogen) atoms. The van der Waals surface area contributed by atoms with Gasteiger partial charge in [0.15, 0.2) is 0 Å². The Morgan fingerprint density at radius 1 is 0.493 bits per heavy atom. The Kier molecular flexibility index (Phi) is 51.1. The van der Waals surface area contributed by atoms with Crippen LogP contribution in [0.5, 0.6) is 0 Å². The lowest BCUT2D eigenvalue weighted by Crippen LogP contribution is -2.45. The predicted molar refractivity (Wildman–Crippen MR) is 298 cm³/mol. The number of phosphoric acid groups is 1. The summed E-state index contributed by atoms with van der Waals surface area (Å²) < 4.78 is 23.2. The van der Waals surface area contributed by atoms with Crippen molar-refractivity contribution in [2.45, 2.75) is 315 Å². The van der Waals surface area contributed by atoms with Crippen molar-refractivity contribution >= 4 is 13.7 Å². The van der Waals surface area contributed by atoms with Crippen LogP contribution >= 0.6 is 7.82 Å². The minimum atomic E-state index is -4.59. The third-order valence-corrected chi connectivity index (χ3v) is 14.9. The maximum absolute atomic E-state index is 12.9. The van der Waals surface area contributed by atoms with E-state index < -0.39 is 20.0 Å². The van der Waals surface area contributed by atoms with Crippen LogP contribution in [0, 0.1) is 0 Å². The molecule has 3 unspecified atom stereocenters. The smallest absolute Gasteiger partial charge is 0.268 e. The van der Waals surface area contributed by atoms with Crippen molar-refractivity contribution in [3.05, 3.63) is 24.3 Å². The predicted octanol–water partition coefficient (Wildman–Crippen LogP) is 17.7. The second-order valence-corrected chi connectivity index (χ2v) is 23.5. The molecule has 0 aliphatic carbocycles. The minimum absolute atomic E-state index is 0.000886. The molecule has 0 fully saturated rings. The molecule has 0 aromatic carbocycles. The highest BCUT2D eigenvalue weighted by Gasteiger charge is 2.23. The molecule has 0 spiro atoms. The molecule has 0 aliphatic heterocycles. The molecule has 9 heteroatoms. The van der Waals surface area contributed by atoms with Crippen molar-refractivity contribution in [1.82, 2.24) is 5.32 Å². The second-order valence-electron chi connectivity index (χ2n) is 22.1. The molecular weight excluding hydrogens is 876 g/mol. The fourth-order valence-electron chi connectivity index (χ4n) is 9.15. The third kappa shape index (κ3) is 54.6. The number of allylic oxidation sites excluding steroid dienone is 3. The fraction of sp³-hybridized carbons (Fsp3) is 0.917. The van der Waals surface area contributed by atoms with Crippen LogP contribution in [-0.2, 0) is 18.4 Å². The van der Waals surface area contributed by atoms with E-state index in [1.165, 1.54) is 244 Å². The first-order chi connectivity index (χ1) is 33.5. The number of likely N-dealkylation sites (N-methyl/N-ethyl adjacent to an activating group) is 1. The number of hydrogen-bond acceptors (Lipinski definition) is 6. The number of rotatable bonds is 56. The summed E-state index contributed by atoms with van der Waals surface area (Å²) in [5, 5.41) is 13.8. The van der Waals surface area contributed by atoms with Gasteiger partial charge in [0.05, 0.1) is 39.9 Å². The first-order valence-corrected chi connectivity index (χ1v) is 31.7. The number of aliphatic hydroxyl groups is 1. The van der Waals surface area contributed by atoms with E-state index in [0.29, 0.717) is 17.4 Å². The number of nitrogens with one attached hydrogen (secondary N) is 1. The summed E-state index contributed by atoms with van der Waals surface area (Å²) in [7, 11) is 1.27. The number of carbonyl (C=O) groups is 1. The van der Waals surface area contributed by atoms with Gasteiger partial charge in [0, 0.05) is 6.42 Å². The van der Waals surface area contributed by atoms with Crippen LogP contribution in [0.1, 0.15) is 303 Å². The second kappa shape index (κ2) is 51.9. The van der Waals surface area contributed by atoms with Crippen LogP contribution in [0.4, 0.5) is 0 Å². The van der Waals surface area contributed by atoms with Gasteiger partial charge >= 0.3 is 0 Å². The van der Waals surface area contributed by atoms with Gasteiger partial charge in [0.25, 0.3) is 7.82 Å². The van der Waals surface area contributed by atoms with Crippen molar-refractivity contribution in [1.29, 1.82) is 0 Å². The first-order valence-electron chi connectivity index (χ1n) is 30.2. The van der Waals surface area contributed by atoms with Gasteiger partial charge in [-0.2, -0.15) is 0 Å². The molecule has 1 amide bonds. The number of unbranched alkanes of at least 4 members (excludes halogenated alkanes) is 41. The Hall–Kier alpha value is -1.02. The Balaban J connectivity index is 3.84. The van der Waals surface area contributed by atoms with Crippen LogP contribution in [0.2, 0.25) is 0 Å². The zero-order chi connectivity index (χ0) is 50.6. The standard InChI is InChI=1S/C60H119N2O6P/c1-6-8-10-12-14-16-18-19-20-21-22-23-24-25-26-27-28-29-30-31-32-33-34-35-36-37-38-39-40-41-42-43-44-46-48-50-52-54-60(64)61-58(57-68-69(65,66)67-56-55-62(3,4)5)59(63)53-51-49-47-45-17-15-13-11-9-7-2/h29-30,51,53,58-59,63H,6-28,31-50,52,54-57H2,1-5H3,(H-,61,64,65,66)/b30-29-,53-51+. The molecule has 0 radical (unpaired) electrons. The quantitative estimate of drug-likeness (QED) is 0.0272. The van der Waals surface area contributed by atoms with E-state index in [1.54, 1.807) is 6.08 Å². The summed E-state index contributed by atoms with van der Waals surface area (Å²) in [6.07, 6.45) is 65.9. The molecule has 0 aromatic heterocycles. The number of amides is 1. The number of quaternary nitrogens is 1. The van der Waals surface area contributed by atoms with Crippen molar-refractivity contribution in [2.75, 3.05) is 40.9 Å². The van der Waals surface area contributed by atoms with Gasteiger partial charge in [-0.3, -0.25) is 9.36 Å². The number of nitrogens with zero attached hydrogens (tertiary/aromatic N) is 1. The van der Waals surface area contributed by atoms with E-state index in [9.17, 15) is 19.4 Å². The third-order valence-electron chi connectivity index (χ3n) is 13.9. The van der Waals surface area contributed by atoms with E-state index >= 15 is 0 Å². The summed E-state index contributed by atoms with van der Waals surface area (Å²) >= 11 is 0.